The molecule has 39 heavy (non-hydrogen) atoms. The maximum Gasteiger partial charge on any atom is 0.308 e. The highest BCUT2D eigenvalue weighted by atomic mass is 16.5. The number of ether oxygens (including phenoxy) is 1. The number of hydrogen-bond acceptors (Lipinski definition) is 7. The largest absolute Gasteiger partial charge is 0.493 e. The zero-order valence-corrected chi connectivity index (χ0v) is 22.6. The number of pyridine rings is 1. The molecule has 0 saturated carbocycles. The molecule has 5 rings (SSSR count). The summed E-state index contributed by atoms with van der Waals surface area (Å²) >= 11 is 0. The Morgan fingerprint density at radius 3 is 2.82 bits per heavy atom. The lowest BCUT2D eigenvalue weighted by Crippen LogP contribution is -2.44. The Kier molecular flexibility index (Phi) is 8.26. The van der Waals surface area contributed by atoms with Crippen molar-refractivity contribution in [2.75, 3.05) is 31.1 Å². The molecule has 1 N–H and O–H groups in total. The van der Waals surface area contributed by atoms with Gasteiger partial charge in [-0.15, -0.1) is 0 Å². The van der Waals surface area contributed by atoms with E-state index in [0.717, 1.165) is 47.6 Å². The van der Waals surface area contributed by atoms with Gasteiger partial charge in [0.15, 0.2) is 5.89 Å². The summed E-state index contributed by atoms with van der Waals surface area (Å²) in [5, 5.41) is 10.5. The number of amides is 1. The molecule has 1 saturated heterocycles. The maximum atomic E-state index is 13.8. The quantitative estimate of drug-likeness (QED) is 0.391. The number of oxazole rings is 1. The molecule has 9 heteroatoms. The number of hydrogen-bond donors (Lipinski definition) is 1. The Morgan fingerprint density at radius 1 is 1.23 bits per heavy atom. The average Bonchev–Trinajstić information content (AvgIpc) is 3.66. The highest BCUT2D eigenvalue weighted by Crippen LogP contribution is 2.41. The number of aryl methyl sites for hydroxylation is 2. The van der Waals surface area contributed by atoms with Crippen LogP contribution in [0.15, 0.2) is 53.3 Å². The Hall–Kier alpha value is -3.72. The van der Waals surface area contributed by atoms with Crippen LogP contribution >= 0.6 is 0 Å². The fraction of sp³-hybridized carbons (Fsp3) is 0.467. The molecule has 0 bridgehead atoms. The molecule has 2 aliphatic heterocycles. The second-order valence-electron chi connectivity index (χ2n) is 10.4. The van der Waals surface area contributed by atoms with Gasteiger partial charge in [0.2, 0.25) is 5.91 Å². The van der Waals surface area contributed by atoms with E-state index in [0.29, 0.717) is 38.4 Å². The van der Waals surface area contributed by atoms with E-state index in [2.05, 4.69) is 27.9 Å². The molecule has 0 aliphatic carbocycles. The van der Waals surface area contributed by atoms with Crippen molar-refractivity contribution < 1.29 is 23.8 Å². The summed E-state index contributed by atoms with van der Waals surface area (Å²) in [5.41, 5.74) is 2.85. The van der Waals surface area contributed by atoms with Gasteiger partial charge in [0, 0.05) is 44.1 Å². The van der Waals surface area contributed by atoms with Gasteiger partial charge in [-0.1, -0.05) is 25.5 Å². The zero-order valence-electron chi connectivity index (χ0n) is 22.6. The van der Waals surface area contributed by atoms with Crippen molar-refractivity contribution in [3.8, 4) is 5.75 Å². The van der Waals surface area contributed by atoms with Gasteiger partial charge in [0.05, 0.1) is 37.2 Å². The summed E-state index contributed by atoms with van der Waals surface area (Å²) in [5.74, 6) is 0.350. The first kappa shape index (κ1) is 26.9. The predicted octanol–water partition coefficient (Wildman–Crippen LogP) is 4.25. The van der Waals surface area contributed by atoms with Crippen LogP contribution in [0.1, 0.15) is 54.9 Å². The number of aliphatic carboxylic acids is 1. The van der Waals surface area contributed by atoms with Crippen molar-refractivity contribution in [1.82, 2.24) is 14.9 Å². The van der Waals surface area contributed by atoms with Gasteiger partial charge in [-0.2, -0.15) is 0 Å². The monoisotopic (exact) mass is 532 g/mol. The summed E-state index contributed by atoms with van der Waals surface area (Å²) in [7, 11) is 0. The van der Waals surface area contributed by atoms with E-state index in [1.54, 1.807) is 23.5 Å². The third kappa shape index (κ3) is 5.98. The van der Waals surface area contributed by atoms with Gasteiger partial charge in [0.25, 0.3) is 0 Å². The van der Waals surface area contributed by atoms with E-state index in [-0.39, 0.29) is 24.4 Å². The molecule has 3 aromatic rings. The molecule has 3 atom stereocenters. The number of fused-ring (bicyclic) bond motifs is 1. The highest BCUT2D eigenvalue weighted by Gasteiger charge is 2.47. The molecule has 2 aliphatic rings. The van der Waals surface area contributed by atoms with E-state index >= 15 is 0 Å². The number of unbranched alkanes of at least 4 members (excludes halogenated alkanes) is 1. The summed E-state index contributed by atoms with van der Waals surface area (Å²) in [6, 6.07) is 9.38. The molecule has 1 aromatic carbocycles. The van der Waals surface area contributed by atoms with Gasteiger partial charge in [-0.05, 0) is 49.1 Å². The third-order valence-corrected chi connectivity index (χ3v) is 7.83. The lowest BCUT2D eigenvalue weighted by Gasteiger charge is -2.29. The molecular weight excluding hydrogens is 496 g/mol. The molecule has 4 heterocycles. The fourth-order valence-corrected chi connectivity index (χ4v) is 5.90. The number of anilines is 1. The number of aromatic nitrogens is 2. The van der Waals surface area contributed by atoms with E-state index < -0.39 is 11.9 Å². The minimum absolute atomic E-state index is 0.0550. The van der Waals surface area contributed by atoms with E-state index in [4.69, 9.17) is 9.15 Å². The Morgan fingerprint density at radius 2 is 2.10 bits per heavy atom. The first-order chi connectivity index (χ1) is 18.9. The lowest BCUT2D eigenvalue weighted by atomic mass is 9.83. The van der Waals surface area contributed by atoms with Crippen molar-refractivity contribution in [2.24, 2.45) is 5.92 Å². The number of carboxylic acids is 1. The molecule has 0 spiro atoms. The van der Waals surface area contributed by atoms with Gasteiger partial charge in [-0.3, -0.25) is 19.5 Å². The molecule has 0 unspecified atom stereocenters. The van der Waals surface area contributed by atoms with Crippen molar-refractivity contribution in [3.63, 3.8) is 0 Å². The molecule has 2 aromatic heterocycles. The van der Waals surface area contributed by atoms with Crippen molar-refractivity contribution in [3.05, 3.63) is 71.7 Å². The first-order valence-electron chi connectivity index (χ1n) is 13.8. The van der Waals surface area contributed by atoms with Crippen LogP contribution < -0.4 is 9.64 Å². The van der Waals surface area contributed by atoms with Crippen molar-refractivity contribution in [1.29, 1.82) is 0 Å². The summed E-state index contributed by atoms with van der Waals surface area (Å²) in [6.45, 7) is 5.78. The number of benzene rings is 1. The second kappa shape index (κ2) is 12.0. The van der Waals surface area contributed by atoms with Gasteiger partial charge in [-0.25, -0.2) is 4.98 Å². The number of carboxylic acid groups (broad SMARTS) is 1. The topological polar surface area (TPSA) is 109 Å². The Balaban J connectivity index is 1.43. The van der Waals surface area contributed by atoms with Crippen LogP contribution in [0.2, 0.25) is 0 Å². The minimum atomic E-state index is -0.851. The molecular formula is C30H36N4O5. The summed E-state index contributed by atoms with van der Waals surface area (Å²) in [6.07, 6.45) is 8.74. The molecule has 1 fully saturated rings. The predicted molar refractivity (Wildman–Crippen MR) is 146 cm³/mol. The van der Waals surface area contributed by atoms with Crippen LogP contribution in [0, 0.1) is 12.8 Å². The molecule has 206 valence electrons. The Labute approximate surface area is 228 Å². The third-order valence-electron chi connectivity index (χ3n) is 7.83. The first-order valence-corrected chi connectivity index (χ1v) is 13.8. The summed E-state index contributed by atoms with van der Waals surface area (Å²) < 4.78 is 11.4. The second-order valence-corrected chi connectivity index (χ2v) is 10.4. The number of carbonyl (C=O) groups is 2. The fourth-order valence-electron chi connectivity index (χ4n) is 5.90. The normalized spacial score (nSPS) is 20.5. The van der Waals surface area contributed by atoms with Gasteiger partial charge in [0.1, 0.15) is 11.5 Å². The van der Waals surface area contributed by atoms with E-state index in [1.165, 1.54) is 0 Å². The smallest absolute Gasteiger partial charge is 0.308 e. The van der Waals surface area contributed by atoms with Crippen LogP contribution in [-0.2, 0) is 22.4 Å². The Bertz CT molecular complexity index is 1290. The van der Waals surface area contributed by atoms with Crippen LogP contribution in [0.25, 0.3) is 0 Å². The van der Waals surface area contributed by atoms with E-state index in [9.17, 15) is 14.7 Å². The highest BCUT2D eigenvalue weighted by molar-refractivity contribution is 5.94. The molecule has 9 nitrogen and oxygen atoms in total. The van der Waals surface area contributed by atoms with Gasteiger partial charge >= 0.3 is 5.97 Å². The summed E-state index contributed by atoms with van der Waals surface area (Å²) in [4.78, 5) is 38.9. The number of likely N-dealkylation sites (tertiary alicyclic amines) is 1. The van der Waals surface area contributed by atoms with E-state index in [1.807, 2.05) is 31.2 Å². The van der Waals surface area contributed by atoms with Crippen LogP contribution in [0.5, 0.6) is 5.75 Å². The average molecular weight is 533 g/mol. The molecule has 0 radical (unpaired) electrons. The van der Waals surface area contributed by atoms with Crippen molar-refractivity contribution >= 4 is 17.6 Å². The minimum Gasteiger partial charge on any atom is -0.493 e. The number of rotatable bonds is 11. The number of carbonyl (C=O) groups excluding carboxylic acids is 1. The van der Waals surface area contributed by atoms with Crippen LogP contribution in [0.4, 0.5) is 5.69 Å². The number of nitrogens with zero attached hydrogens (tertiary/aromatic N) is 4. The van der Waals surface area contributed by atoms with Crippen LogP contribution in [0.3, 0.4) is 0 Å². The molecule has 1 amide bonds. The van der Waals surface area contributed by atoms with Crippen molar-refractivity contribution in [2.45, 2.75) is 57.9 Å². The van der Waals surface area contributed by atoms with Gasteiger partial charge < -0.3 is 19.2 Å². The lowest BCUT2D eigenvalue weighted by molar-refractivity contribution is -0.143. The standard InChI is InChI=1S/C30H36N4O5/c1-3-4-13-34(23-6-5-12-31-17-23)28(35)19-33-18-24(21-7-9-26-22(15-21)11-14-38-26)29(30(36)37)25(33)8-10-27-32-16-20(2)39-27/h5-7,9,12,15-17,24-25,29H,3-4,8,10-11,13-14,18-19H2,1-2H3,(H,36,37)/t24-,25+,29-/m1/s1. The zero-order chi connectivity index (χ0) is 27.4. The maximum absolute atomic E-state index is 13.8. The SMILES string of the molecule is CCCCN(C(=O)CN1C[C@H](c2ccc3c(c2)CCO3)[C@@H](C(=O)O)[C@@H]1CCc1ncc(C)o1)c1cccnc1. The van der Waals surface area contributed by atoms with Crippen LogP contribution in [-0.4, -0.2) is 64.1 Å².